The van der Waals surface area contributed by atoms with E-state index in [1.807, 2.05) is 0 Å². The van der Waals surface area contributed by atoms with E-state index >= 15 is 0 Å². The summed E-state index contributed by atoms with van der Waals surface area (Å²) in [5.41, 5.74) is -1.76. The van der Waals surface area contributed by atoms with E-state index in [9.17, 15) is 14.2 Å². The zero-order valence-corrected chi connectivity index (χ0v) is 11.6. The van der Waals surface area contributed by atoms with E-state index in [0.717, 1.165) is 0 Å². The van der Waals surface area contributed by atoms with Crippen LogP contribution in [0.4, 0.5) is 0 Å². The van der Waals surface area contributed by atoms with Gasteiger partial charge in [0, 0.05) is 6.61 Å². The van der Waals surface area contributed by atoms with Crippen LogP contribution in [0, 0.1) is 0 Å². The van der Waals surface area contributed by atoms with Gasteiger partial charge in [-0.05, 0) is 12.8 Å². The smallest absolute Gasteiger partial charge is 0.354 e. The maximum Gasteiger partial charge on any atom is 0.354 e. The van der Waals surface area contributed by atoms with Gasteiger partial charge in [-0.2, -0.15) is 0 Å². The molecular weight excluding hydrogens is 286 g/mol. The van der Waals surface area contributed by atoms with E-state index in [1.54, 1.807) is 0 Å². The van der Waals surface area contributed by atoms with Crippen molar-refractivity contribution in [3.05, 3.63) is 0 Å². The summed E-state index contributed by atoms with van der Waals surface area (Å²) in [7, 11) is -9.72. The molecule has 0 aliphatic heterocycles. The minimum Gasteiger partial charge on any atom is -0.396 e. The van der Waals surface area contributed by atoms with Crippen LogP contribution in [0.5, 0.6) is 0 Å². The highest BCUT2D eigenvalue weighted by molar-refractivity contribution is 7.57. The van der Waals surface area contributed by atoms with Gasteiger partial charge >= 0.3 is 15.2 Å². The third kappa shape index (κ3) is 6.97. The fraction of sp³-hybridized carbons (Fsp3) is 1.00. The van der Waals surface area contributed by atoms with Gasteiger partial charge in [-0.3, -0.25) is 9.13 Å². The average Bonchev–Trinajstić information content (AvgIpc) is 2.19. The number of hydrogen-bond acceptors (Lipinski definition) is 4. The molecule has 0 saturated heterocycles. The molecule has 0 aromatic rings. The summed E-state index contributed by atoms with van der Waals surface area (Å²) in [4.78, 5) is 35.5. The number of rotatable bonds is 9. The van der Waals surface area contributed by atoms with Crippen molar-refractivity contribution in [2.75, 3.05) is 6.61 Å². The highest BCUT2D eigenvalue weighted by atomic mass is 31.2. The van der Waals surface area contributed by atoms with Crippen molar-refractivity contribution in [1.29, 1.82) is 0 Å². The molecule has 0 aliphatic carbocycles. The van der Waals surface area contributed by atoms with Gasteiger partial charge in [-0.15, -0.1) is 0 Å². The molecule has 0 saturated carbocycles. The molecule has 0 heterocycles. The average molecular weight is 306 g/mol. The molecule has 0 amide bonds. The molecule has 0 radical (unpaired) electrons. The zero-order valence-electron chi connectivity index (χ0n) is 9.79. The molecule has 0 bridgehead atoms. The van der Waals surface area contributed by atoms with Crippen LogP contribution in [0.1, 0.15) is 32.1 Å². The first-order valence-electron chi connectivity index (χ1n) is 5.50. The van der Waals surface area contributed by atoms with E-state index in [1.165, 1.54) is 0 Å². The second kappa shape index (κ2) is 7.72. The molecule has 0 aromatic carbocycles. The standard InChI is InChI=1S/C8H20O8P2/c9-6-4-2-1-3-5-7(17(11,12)13)8(10)18(14,15)16/h7-10H,1-6H2,(H2,11,12,13)(H2,14,15,16). The van der Waals surface area contributed by atoms with Gasteiger partial charge in [0.1, 0.15) is 0 Å². The molecule has 10 heteroatoms. The molecule has 2 unspecified atom stereocenters. The Kier molecular flexibility index (Phi) is 7.82. The van der Waals surface area contributed by atoms with Crippen molar-refractivity contribution in [2.45, 2.75) is 43.6 Å². The van der Waals surface area contributed by atoms with Crippen molar-refractivity contribution in [2.24, 2.45) is 0 Å². The Hall–Kier alpha value is 0.220. The Balaban J connectivity index is 4.45. The minimum absolute atomic E-state index is 0.0209. The molecule has 0 fully saturated rings. The van der Waals surface area contributed by atoms with E-state index in [2.05, 4.69) is 0 Å². The largest absolute Gasteiger partial charge is 0.396 e. The summed E-state index contributed by atoms with van der Waals surface area (Å²) >= 11 is 0. The Morgan fingerprint density at radius 2 is 1.33 bits per heavy atom. The third-order valence-corrected chi connectivity index (χ3v) is 5.22. The predicted octanol–water partition coefficient (Wildman–Crippen LogP) is -0.0284. The summed E-state index contributed by atoms with van der Waals surface area (Å²) in [6.45, 7) is 0.0209. The van der Waals surface area contributed by atoms with E-state index in [0.29, 0.717) is 25.7 Å². The first-order valence-corrected chi connectivity index (χ1v) is 8.86. The van der Waals surface area contributed by atoms with Crippen molar-refractivity contribution in [1.82, 2.24) is 0 Å². The number of hydrogen-bond donors (Lipinski definition) is 6. The first kappa shape index (κ1) is 18.2. The summed E-state index contributed by atoms with van der Waals surface area (Å²) < 4.78 is 21.9. The van der Waals surface area contributed by atoms with Crippen LogP contribution in [-0.4, -0.2) is 47.9 Å². The lowest BCUT2D eigenvalue weighted by Crippen LogP contribution is -2.26. The van der Waals surface area contributed by atoms with Crippen LogP contribution in [0.25, 0.3) is 0 Å². The van der Waals surface area contributed by atoms with Crippen molar-refractivity contribution in [3.8, 4) is 0 Å². The van der Waals surface area contributed by atoms with Crippen LogP contribution in [0.15, 0.2) is 0 Å². The maximum atomic E-state index is 11.1. The van der Waals surface area contributed by atoms with Gasteiger partial charge < -0.3 is 29.8 Å². The maximum absolute atomic E-state index is 11.1. The second-order valence-corrected chi connectivity index (χ2v) is 7.63. The highest BCUT2D eigenvalue weighted by Crippen LogP contribution is 2.54. The van der Waals surface area contributed by atoms with Crippen LogP contribution < -0.4 is 0 Å². The van der Waals surface area contributed by atoms with Crippen LogP contribution >= 0.6 is 15.2 Å². The normalized spacial score (nSPS) is 16.6. The molecule has 0 aliphatic rings. The lowest BCUT2D eigenvalue weighted by atomic mass is 10.1. The second-order valence-electron chi connectivity index (χ2n) is 4.09. The van der Waals surface area contributed by atoms with E-state index in [-0.39, 0.29) is 13.0 Å². The van der Waals surface area contributed by atoms with E-state index in [4.69, 9.17) is 24.7 Å². The summed E-state index contributed by atoms with van der Waals surface area (Å²) in [6.07, 6.45) is 1.90. The Bertz CT molecular complexity index is 321. The quantitative estimate of drug-likeness (QED) is 0.256. The fourth-order valence-electron chi connectivity index (χ4n) is 1.53. The van der Waals surface area contributed by atoms with Crippen LogP contribution in [0.3, 0.4) is 0 Å². The Morgan fingerprint density at radius 1 is 0.833 bits per heavy atom. The van der Waals surface area contributed by atoms with Gasteiger partial charge in [-0.25, -0.2) is 0 Å². The minimum atomic E-state index is -4.95. The fourth-order valence-corrected chi connectivity index (χ4v) is 4.04. The summed E-state index contributed by atoms with van der Waals surface area (Å²) in [6, 6.07) is 0. The molecule has 18 heavy (non-hydrogen) atoms. The van der Waals surface area contributed by atoms with E-state index < -0.39 is 26.7 Å². The van der Waals surface area contributed by atoms with Crippen molar-refractivity contribution in [3.63, 3.8) is 0 Å². The lowest BCUT2D eigenvalue weighted by molar-refractivity contribution is 0.180. The zero-order chi connectivity index (χ0) is 14.4. The van der Waals surface area contributed by atoms with Crippen LogP contribution in [0.2, 0.25) is 0 Å². The topological polar surface area (TPSA) is 156 Å². The third-order valence-electron chi connectivity index (χ3n) is 2.53. The summed E-state index contributed by atoms with van der Waals surface area (Å²) in [5.74, 6) is -2.35. The number of aliphatic hydroxyl groups is 2. The van der Waals surface area contributed by atoms with Crippen molar-refractivity contribution < 1.29 is 38.9 Å². The first-order chi connectivity index (χ1) is 8.10. The molecule has 6 N–H and O–H groups in total. The predicted molar refractivity (Wildman–Crippen MR) is 64.1 cm³/mol. The van der Waals surface area contributed by atoms with Crippen molar-refractivity contribution >= 4 is 15.2 Å². The SMILES string of the molecule is O=P(O)(O)C(O)C(CCCCCCO)P(=O)(O)O. The molecule has 8 nitrogen and oxygen atoms in total. The van der Waals surface area contributed by atoms with Gasteiger partial charge in [0.25, 0.3) is 0 Å². The monoisotopic (exact) mass is 306 g/mol. The van der Waals surface area contributed by atoms with Gasteiger partial charge in [-0.1, -0.05) is 19.3 Å². The molecule has 0 aromatic heterocycles. The molecule has 110 valence electrons. The highest BCUT2D eigenvalue weighted by Gasteiger charge is 2.43. The molecule has 2 atom stereocenters. The molecular formula is C8H20O8P2. The van der Waals surface area contributed by atoms with Gasteiger partial charge in [0.05, 0.1) is 5.66 Å². The molecule has 0 rings (SSSR count). The Labute approximate surface area is 105 Å². The number of aliphatic hydroxyl groups excluding tert-OH is 2. The number of unbranched alkanes of at least 4 members (excludes halogenated alkanes) is 3. The molecule has 0 spiro atoms. The lowest BCUT2D eigenvalue weighted by Gasteiger charge is -2.24. The van der Waals surface area contributed by atoms with Gasteiger partial charge in [0.2, 0.25) is 0 Å². The van der Waals surface area contributed by atoms with Crippen LogP contribution in [-0.2, 0) is 9.13 Å². The Morgan fingerprint density at radius 3 is 1.72 bits per heavy atom. The van der Waals surface area contributed by atoms with Gasteiger partial charge in [0.15, 0.2) is 5.85 Å². The summed E-state index contributed by atoms with van der Waals surface area (Å²) in [5, 5.41) is 17.8.